The molecule has 1 aliphatic heterocycles. The second-order valence-corrected chi connectivity index (χ2v) is 6.74. The molecule has 0 spiro atoms. The molecule has 1 aliphatic rings. The normalized spacial score (nSPS) is 18.9. The summed E-state index contributed by atoms with van der Waals surface area (Å²) in [6, 6.07) is 6.38. The van der Waals surface area contributed by atoms with Crippen molar-refractivity contribution in [1.82, 2.24) is 9.88 Å². The van der Waals surface area contributed by atoms with Gasteiger partial charge in [0.2, 0.25) is 0 Å². The summed E-state index contributed by atoms with van der Waals surface area (Å²) in [4.78, 5) is 12.0. The maximum absolute atomic E-state index is 12.9. The van der Waals surface area contributed by atoms with Gasteiger partial charge >= 0.3 is 6.18 Å². The number of aromatic nitrogens is 1. The molecule has 1 aromatic heterocycles. The summed E-state index contributed by atoms with van der Waals surface area (Å²) in [5.41, 5.74) is -0.649. The minimum Gasteiger partial charge on any atom is -0.380 e. The number of rotatable bonds is 4. The van der Waals surface area contributed by atoms with Gasteiger partial charge in [0.25, 0.3) is 5.56 Å². The molecule has 5 nitrogen and oxygen atoms in total. The van der Waals surface area contributed by atoms with E-state index in [9.17, 15) is 18.0 Å². The molecule has 1 fully saturated rings. The summed E-state index contributed by atoms with van der Waals surface area (Å²) in [5.74, 6) is 0. The van der Waals surface area contributed by atoms with Crippen molar-refractivity contribution in [3.8, 4) is 5.69 Å². The van der Waals surface area contributed by atoms with Gasteiger partial charge in [-0.2, -0.15) is 13.2 Å². The van der Waals surface area contributed by atoms with Crippen molar-refractivity contribution in [2.45, 2.75) is 25.2 Å². The van der Waals surface area contributed by atoms with E-state index in [0.717, 1.165) is 36.0 Å². The molecule has 3 rings (SSSR count). The zero-order valence-corrected chi connectivity index (χ0v) is 15.3. The predicted octanol–water partition coefficient (Wildman–Crippen LogP) is 3.30. The van der Waals surface area contributed by atoms with E-state index < -0.39 is 17.3 Å². The quantitative estimate of drug-likeness (QED) is 0.825. The number of anilines is 1. The molecule has 146 valence electrons. The summed E-state index contributed by atoms with van der Waals surface area (Å²) >= 11 is 6.25. The molecule has 0 radical (unpaired) electrons. The van der Waals surface area contributed by atoms with Crippen molar-refractivity contribution >= 4 is 17.3 Å². The first-order valence-electron chi connectivity index (χ1n) is 8.44. The summed E-state index contributed by atoms with van der Waals surface area (Å²) in [7, 11) is 0. The van der Waals surface area contributed by atoms with Gasteiger partial charge in [-0.05, 0) is 31.2 Å². The van der Waals surface area contributed by atoms with Crippen LogP contribution in [0.25, 0.3) is 5.69 Å². The zero-order chi connectivity index (χ0) is 19.6. The van der Waals surface area contributed by atoms with E-state index in [1.165, 1.54) is 6.07 Å². The molecule has 0 saturated carbocycles. The molecule has 27 heavy (non-hydrogen) atoms. The van der Waals surface area contributed by atoms with Crippen molar-refractivity contribution < 1.29 is 17.9 Å². The Morgan fingerprint density at radius 1 is 1.33 bits per heavy atom. The van der Waals surface area contributed by atoms with Gasteiger partial charge in [-0.25, -0.2) is 0 Å². The third-order valence-electron chi connectivity index (χ3n) is 4.35. The standard InChI is InChI=1S/C18H19ClF3N3O2/c1-11(16-9-23-6-7-27-16)24-13-3-4-15(14(19)8-13)25-10-12(18(20,21)22)2-5-17(25)26/h2-5,8,10-11,16,23-24H,6-7,9H2,1H3. The highest BCUT2D eigenvalue weighted by Crippen LogP contribution is 2.30. The van der Waals surface area contributed by atoms with E-state index in [0.29, 0.717) is 12.3 Å². The topological polar surface area (TPSA) is 55.3 Å². The molecular formula is C18H19ClF3N3O2. The second kappa shape index (κ2) is 7.92. The first-order valence-corrected chi connectivity index (χ1v) is 8.82. The summed E-state index contributed by atoms with van der Waals surface area (Å²) in [6.45, 7) is 4.14. The van der Waals surface area contributed by atoms with Crippen molar-refractivity contribution in [1.29, 1.82) is 0 Å². The molecule has 9 heteroatoms. The van der Waals surface area contributed by atoms with Gasteiger partial charge in [-0.15, -0.1) is 0 Å². The third kappa shape index (κ3) is 4.63. The second-order valence-electron chi connectivity index (χ2n) is 6.34. The van der Waals surface area contributed by atoms with Crippen molar-refractivity contribution in [2.75, 3.05) is 25.0 Å². The van der Waals surface area contributed by atoms with Crippen molar-refractivity contribution in [2.24, 2.45) is 0 Å². The molecule has 0 aliphatic carbocycles. The molecule has 2 unspecified atom stereocenters. The van der Waals surface area contributed by atoms with E-state index in [1.807, 2.05) is 6.92 Å². The molecule has 2 N–H and O–H groups in total. The Kier molecular flexibility index (Phi) is 5.78. The monoisotopic (exact) mass is 401 g/mol. The Bertz CT molecular complexity index is 864. The fourth-order valence-electron chi connectivity index (χ4n) is 2.90. The molecule has 2 aromatic rings. The highest BCUT2D eigenvalue weighted by molar-refractivity contribution is 6.32. The lowest BCUT2D eigenvalue weighted by molar-refractivity contribution is -0.138. The summed E-state index contributed by atoms with van der Waals surface area (Å²) < 4.78 is 45.4. The Hall–Kier alpha value is -2.03. The van der Waals surface area contributed by atoms with Crippen LogP contribution in [0.5, 0.6) is 0 Å². The molecule has 2 heterocycles. The van der Waals surface area contributed by atoms with Gasteiger partial charge in [0.1, 0.15) is 0 Å². The van der Waals surface area contributed by atoms with Gasteiger partial charge in [0.15, 0.2) is 0 Å². The van der Waals surface area contributed by atoms with Crippen LogP contribution in [0.2, 0.25) is 5.02 Å². The van der Waals surface area contributed by atoms with Crippen LogP contribution in [0, 0.1) is 0 Å². The lowest BCUT2D eigenvalue weighted by Gasteiger charge is -2.30. The minimum atomic E-state index is -4.55. The number of halogens is 4. The van der Waals surface area contributed by atoms with Crippen LogP contribution in [0.4, 0.5) is 18.9 Å². The number of pyridine rings is 1. The number of alkyl halides is 3. The van der Waals surface area contributed by atoms with Crippen LogP contribution < -0.4 is 16.2 Å². The highest BCUT2D eigenvalue weighted by Gasteiger charge is 2.31. The van der Waals surface area contributed by atoms with E-state index >= 15 is 0 Å². The largest absolute Gasteiger partial charge is 0.417 e. The zero-order valence-electron chi connectivity index (χ0n) is 14.5. The van der Waals surface area contributed by atoms with Crippen LogP contribution in [0.1, 0.15) is 12.5 Å². The number of benzene rings is 1. The van der Waals surface area contributed by atoms with Crippen LogP contribution in [0.15, 0.2) is 41.3 Å². The van der Waals surface area contributed by atoms with Crippen LogP contribution >= 0.6 is 11.6 Å². The first kappa shape index (κ1) is 19.7. The lowest BCUT2D eigenvalue weighted by atomic mass is 10.1. The lowest BCUT2D eigenvalue weighted by Crippen LogP contribution is -2.46. The Morgan fingerprint density at radius 3 is 2.74 bits per heavy atom. The van der Waals surface area contributed by atoms with Gasteiger partial charge in [0.05, 0.1) is 35.0 Å². The molecule has 1 aromatic carbocycles. The number of nitrogens with one attached hydrogen (secondary N) is 2. The average Bonchev–Trinajstić information content (AvgIpc) is 2.62. The predicted molar refractivity (Wildman–Crippen MR) is 97.7 cm³/mol. The third-order valence-corrected chi connectivity index (χ3v) is 4.66. The smallest absolute Gasteiger partial charge is 0.380 e. The minimum absolute atomic E-state index is 0.00371. The van der Waals surface area contributed by atoms with Crippen molar-refractivity contribution in [3.05, 3.63) is 57.5 Å². The molecule has 1 saturated heterocycles. The molecular weight excluding hydrogens is 383 g/mol. The molecule has 0 amide bonds. The SMILES string of the molecule is CC(Nc1ccc(-n2cc(C(F)(F)F)ccc2=O)c(Cl)c1)C1CNCCO1. The van der Waals surface area contributed by atoms with Crippen LogP contribution in [-0.4, -0.2) is 36.4 Å². The number of ether oxygens (including phenoxy) is 1. The Labute approximate surface area is 159 Å². The number of hydrogen-bond acceptors (Lipinski definition) is 4. The number of nitrogens with zero attached hydrogens (tertiary/aromatic N) is 1. The Morgan fingerprint density at radius 2 is 2.11 bits per heavy atom. The highest BCUT2D eigenvalue weighted by atomic mass is 35.5. The maximum Gasteiger partial charge on any atom is 0.417 e. The van der Waals surface area contributed by atoms with Crippen LogP contribution in [-0.2, 0) is 10.9 Å². The first-order chi connectivity index (χ1) is 12.8. The molecule has 0 bridgehead atoms. The fourth-order valence-corrected chi connectivity index (χ4v) is 3.17. The fraction of sp³-hybridized carbons (Fsp3) is 0.389. The maximum atomic E-state index is 12.9. The van der Waals surface area contributed by atoms with Crippen LogP contribution in [0.3, 0.4) is 0 Å². The van der Waals surface area contributed by atoms with E-state index in [2.05, 4.69) is 10.6 Å². The number of morpholine rings is 1. The van der Waals surface area contributed by atoms with E-state index in [4.69, 9.17) is 16.3 Å². The molecule has 2 atom stereocenters. The summed E-state index contributed by atoms with van der Waals surface area (Å²) in [5, 5.41) is 6.67. The average molecular weight is 402 g/mol. The van der Waals surface area contributed by atoms with Crippen molar-refractivity contribution in [3.63, 3.8) is 0 Å². The van der Waals surface area contributed by atoms with Gasteiger partial charge in [-0.3, -0.25) is 9.36 Å². The number of hydrogen-bond donors (Lipinski definition) is 2. The van der Waals surface area contributed by atoms with Gasteiger partial charge in [-0.1, -0.05) is 11.6 Å². The van der Waals surface area contributed by atoms with Gasteiger partial charge < -0.3 is 15.4 Å². The Balaban J connectivity index is 1.84. The van der Waals surface area contributed by atoms with E-state index in [1.54, 1.807) is 12.1 Å². The van der Waals surface area contributed by atoms with Gasteiger partial charge in [0, 0.05) is 31.0 Å². The van der Waals surface area contributed by atoms with E-state index in [-0.39, 0.29) is 22.9 Å². The summed E-state index contributed by atoms with van der Waals surface area (Å²) in [6.07, 6.45) is -3.81.